The molecule has 4 nitrogen and oxygen atoms in total. The van der Waals surface area contributed by atoms with Gasteiger partial charge in [0, 0.05) is 11.2 Å². The fourth-order valence-corrected chi connectivity index (χ4v) is 5.10. The van der Waals surface area contributed by atoms with Gasteiger partial charge in [0.1, 0.15) is 5.82 Å². The van der Waals surface area contributed by atoms with Crippen molar-refractivity contribution >= 4 is 38.4 Å². The van der Waals surface area contributed by atoms with Crippen molar-refractivity contribution in [3.05, 3.63) is 64.8 Å². The summed E-state index contributed by atoms with van der Waals surface area (Å²) in [7, 11) is 0. The maximum absolute atomic E-state index is 13.3. The second kappa shape index (κ2) is 5.95. The van der Waals surface area contributed by atoms with Gasteiger partial charge >= 0.3 is 0 Å². The number of aromatic amines is 1. The predicted molar refractivity (Wildman–Crippen MR) is 106 cm³/mol. The van der Waals surface area contributed by atoms with Crippen LogP contribution in [0.5, 0.6) is 0 Å². The van der Waals surface area contributed by atoms with Crippen molar-refractivity contribution < 1.29 is 4.79 Å². The Labute approximate surface area is 155 Å². The zero-order valence-electron chi connectivity index (χ0n) is 14.5. The number of nitrogens with one attached hydrogen (secondary N) is 1. The standard InChI is InChI=1S/C21H19N3OS/c1-13-14-7-2-5-11-18(14)26-19(13)21(25)24-12-6-10-17(24)20-22-15-8-3-4-9-16(15)23-20/h2-5,7-9,11,17H,6,10,12H2,1H3,(H,22,23). The Morgan fingerprint density at radius 1 is 1.19 bits per heavy atom. The Hall–Kier alpha value is -2.66. The summed E-state index contributed by atoms with van der Waals surface area (Å²) < 4.78 is 1.17. The molecule has 4 aromatic rings. The topological polar surface area (TPSA) is 49.0 Å². The number of nitrogens with zero attached hydrogens (tertiary/aromatic N) is 2. The van der Waals surface area contributed by atoms with Gasteiger partial charge in [-0.05, 0) is 48.9 Å². The third kappa shape index (κ3) is 2.35. The molecule has 1 aliphatic heterocycles. The summed E-state index contributed by atoms with van der Waals surface area (Å²) in [5.41, 5.74) is 3.07. The highest BCUT2D eigenvalue weighted by Gasteiger charge is 2.34. The maximum atomic E-state index is 13.3. The van der Waals surface area contributed by atoms with Gasteiger partial charge in [-0.2, -0.15) is 0 Å². The molecule has 1 atom stereocenters. The lowest BCUT2D eigenvalue weighted by Crippen LogP contribution is -2.30. The molecule has 5 heteroatoms. The summed E-state index contributed by atoms with van der Waals surface area (Å²) in [6.07, 6.45) is 1.97. The smallest absolute Gasteiger partial charge is 0.264 e. The Bertz CT molecular complexity index is 1090. The van der Waals surface area contributed by atoms with Crippen LogP contribution in [0.3, 0.4) is 0 Å². The van der Waals surface area contributed by atoms with E-state index in [0.29, 0.717) is 0 Å². The molecule has 1 aliphatic rings. The van der Waals surface area contributed by atoms with Crippen LogP contribution in [0.25, 0.3) is 21.1 Å². The number of rotatable bonds is 2. The Balaban J connectivity index is 1.53. The van der Waals surface area contributed by atoms with Crippen LogP contribution < -0.4 is 0 Å². The minimum Gasteiger partial charge on any atom is -0.340 e. The van der Waals surface area contributed by atoms with Crippen molar-refractivity contribution in [2.75, 3.05) is 6.54 Å². The van der Waals surface area contributed by atoms with Crippen LogP contribution >= 0.6 is 11.3 Å². The van der Waals surface area contributed by atoms with E-state index >= 15 is 0 Å². The average Bonchev–Trinajstić information content (AvgIpc) is 3.38. The van der Waals surface area contributed by atoms with E-state index in [0.717, 1.165) is 46.7 Å². The number of hydrogen-bond donors (Lipinski definition) is 1. The normalized spacial score (nSPS) is 17.4. The molecule has 130 valence electrons. The fourth-order valence-electron chi connectivity index (χ4n) is 3.93. The predicted octanol–water partition coefficient (Wildman–Crippen LogP) is 5.06. The Morgan fingerprint density at radius 3 is 2.85 bits per heavy atom. The van der Waals surface area contributed by atoms with Crippen molar-refractivity contribution in [3.8, 4) is 0 Å². The van der Waals surface area contributed by atoms with Crippen LogP contribution in [0.2, 0.25) is 0 Å². The molecular weight excluding hydrogens is 342 g/mol. The van der Waals surface area contributed by atoms with E-state index in [4.69, 9.17) is 4.98 Å². The summed E-state index contributed by atoms with van der Waals surface area (Å²) in [6.45, 7) is 2.84. The maximum Gasteiger partial charge on any atom is 0.264 e. The Morgan fingerprint density at radius 2 is 2.00 bits per heavy atom. The van der Waals surface area contributed by atoms with Gasteiger partial charge in [0.25, 0.3) is 5.91 Å². The molecule has 1 amide bonds. The first-order chi connectivity index (χ1) is 12.7. The van der Waals surface area contributed by atoms with Crippen molar-refractivity contribution in [1.29, 1.82) is 0 Å². The number of likely N-dealkylation sites (tertiary alicyclic amines) is 1. The second-order valence-electron chi connectivity index (χ2n) is 6.85. The Kier molecular flexibility index (Phi) is 3.57. The quantitative estimate of drug-likeness (QED) is 0.542. The molecule has 0 spiro atoms. The molecule has 5 rings (SSSR count). The molecule has 0 aliphatic carbocycles. The SMILES string of the molecule is Cc1c(C(=O)N2CCCC2c2nc3ccccc3[nH]2)sc2ccccc12. The molecule has 26 heavy (non-hydrogen) atoms. The highest BCUT2D eigenvalue weighted by atomic mass is 32.1. The zero-order chi connectivity index (χ0) is 17.7. The summed E-state index contributed by atoms with van der Waals surface area (Å²) in [5.74, 6) is 1.03. The first-order valence-corrected chi connectivity index (χ1v) is 9.78. The average molecular weight is 361 g/mol. The number of carbonyl (C=O) groups is 1. The molecule has 3 heterocycles. The fraction of sp³-hybridized carbons (Fsp3) is 0.238. The van der Waals surface area contributed by atoms with Gasteiger partial charge in [-0.1, -0.05) is 30.3 Å². The molecular formula is C21H19N3OS. The third-order valence-corrected chi connectivity index (χ3v) is 6.54. The van der Waals surface area contributed by atoms with Crippen LogP contribution in [0.4, 0.5) is 0 Å². The number of aromatic nitrogens is 2. The first-order valence-electron chi connectivity index (χ1n) is 8.96. The van der Waals surface area contributed by atoms with Crippen molar-refractivity contribution in [1.82, 2.24) is 14.9 Å². The van der Waals surface area contributed by atoms with Gasteiger partial charge in [-0.3, -0.25) is 4.79 Å². The lowest BCUT2D eigenvalue weighted by Gasteiger charge is -2.23. The van der Waals surface area contributed by atoms with E-state index in [1.54, 1.807) is 11.3 Å². The molecule has 1 N–H and O–H groups in total. The van der Waals surface area contributed by atoms with E-state index in [2.05, 4.69) is 24.0 Å². The molecule has 1 unspecified atom stereocenters. The van der Waals surface area contributed by atoms with Gasteiger partial charge in [-0.15, -0.1) is 11.3 Å². The van der Waals surface area contributed by atoms with Crippen molar-refractivity contribution in [2.45, 2.75) is 25.8 Å². The number of amides is 1. The number of H-pyrrole nitrogens is 1. The van der Waals surface area contributed by atoms with Crippen LogP contribution in [0, 0.1) is 6.92 Å². The van der Waals surface area contributed by atoms with Gasteiger partial charge in [0.15, 0.2) is 0 Å². The molecule has 1 saturated heterocycles. The van der Waals surface area contributed by atoms with E-state index < -0.39 is 0 Å². The van der Waals surface area contributed by atoms with Gasteiger partial charge < -0.3 is 9.88 Å². The van der Waals surface area contributed by atoms with Crippen LogP contribution in [-0.2, 0) is 0 Å². The number of thiophene rings is 1. The molecule has 0 saturated carbocycles. The molecule has 2 aromatic heterocycles. The third-order valence-electron chi connectivity index (χ3n) is 5.27. The lowest BCUT2D eigenvalue weighted by molar-refractivity contribution is 0.0735. The van der Waals surface area contributed by atoms with Gasteiger partial charge in [0.05, 0.1) is 22.0 Å². The molecule has 0 bridgehead atoms. The number of aryl methyl sites for hydroxylation is 1. The highest BCUT2D eigenvalue weighted by molar-refractivity contribution is 7.21. The number of fused-ring (bicyclic) bond motifs is 2. The van der Waals surface area contributed by atoms with Gasteiger partial charge in [0.2, 0.25) is 0 Å². The number of carbonyl (C=O) groups excluding carboxylic acids is 1. The molecule has 0 radical (unpaired) electrons. The minimum absolute atomic E-state index is 0.0273. The number of imidazole rings is 1. The van der Waals surface area contributed by atoms with E-state index in [1.165, 1.54) is 10.1 Å². The van der Waals surface area contributed by atoms with E-state index in [9.17, 15) is 4.79 Å². The lowest BCUT2D eigenvalue weighted by atomic mass is 10.1. The first kappa shape index (κ1) is 15.6. The summed E-state index contributed by atoms with van der Waals surface area (Å²) in [5, 5.41) is 1.18. The number of benzene rings is 2. The minimum atomic E-state index is 0.0273. The largest absolute Gasteiger partial charge is 0.340 e. The van der Waals surface area contributed by atoms with Crippen LogP contribution in [-0.4, -0.2) is 27.3 Å². The van der Waals surface area contributed by atoms with Crippen LogP contribution in [0.1, 0.15) is 39.9 Å². The number of para-hydroxylation sites is 2. The molecule has 1 fully saturated rings. The zero-order valence-corrected chi connectivity index (χ0v) is 15.3. The summed E-state index contributed by atoms with van der Waals surface area (Å²) >= 11 is 1.60. The van der Waals surface area contributed by atoms with E-state index in [-0.39, 0.29) is 11.9 Å². The highest BCUT2D eigenvalue weighted by Crippen LogP contribution is 2.37. The molecule has 2 aromatic carbocycles. The van der Waals surface area contributed by atoms with Crippen LogP contribution in [0.15, 0.2) is 48.5 Å². The van der Waals surface area contributed by atoms with Crippen molar-refractivity contribution in [3.63, 3.8) is 0 Å². The monoisotopic (exact) mass is 361 g/mol. The number of hydrogen-bond acceptors (Lipinski definition) is 3. The van der Waals surface area contributed by atoms with Gasteiger partial charge in [-0.25, -0.2) is 4.98 Å². The summed E-state index contributed by atoms with van der Waals surface area (Å²) in [4.78, 5) is 24.3. The second-order valence-corrected chi connectivity index (χ2v) is 7.90. The van der Waals surface area contributed by atoms with Crippen molar-refractivity contribution in [2.24, 2.45) is 0 Å². The summed E-state index contributed by atoms with van der Waals surface area (Å²) in [6, 6.07) is 16.3. The van der Waals surface area contributed by atoms with E-state index in [1.807, 2.05) is 41.3 Å².